The second kappa shape index (κ2) is 11.2. The van der Waals surface area contributed by atoms with Gasteiger partial charge in [0.15, 0.2) is 0 Å². The summed E-state index contributed by atoms with van der Waals surface area (Å²) in [6.07, 6.45) is 1.92. The van der Waals surface area contributed by atoms with Gasteiger partial charge in [0, 0.05) is 31.3 Å². The zero-order valence-electron chi connectivity index (χ0n) is 15.0. The average molecular weight is 407 g/mol. The molecule has 1 N–H and O–H groups in total. The first-order valence-electron chi connectivity index (χ1n) is 8.81. The number of hydrogen-bond acceptors (Lipinski definition) is 4. The van der Waals surface area contributed by atoms with Crippen molar-refractivity contribution in [2.75, 3.05) is 26.4 Å². The molecule has 0 aliphatic carbocycles. The van der Waals surface area contributed by atoms with Crippen molar-refractivity contribution in [3.8, 4) is 5.75 Å². The number of halogens is 1. The molecule has 2 aromatic rings. The summed E-state index contributed by atoms with van der Waals surface area (Å²) in [4.78, 5) is 4.45. The fraction of sp³-hybridized carbons (Fsp3) is 0.450. The number of hydrogen-bond donors (Lipinski definition) is 1. The minimum absolute atomic E-state index is 0.414. The molecule has 1 aromatic heterocycles. The Balaban J connectivity index is 1.68. The van der Waals surface area contributed by atoms with Crippen molar-refractivity contribution < 1.29 is 9.47 Å². The van der Waals surface area contributed by atoms with Crippen LogP contribution < -0.4 is 10.1 Å². The minimum Gasteiger partial charge on any atom is -0.491 e. The normalized spacial score (nSPS) is 12.1. The topological polar surface area (TPSA) is 43.4 Å². The zero-order chi connectivity index (χ0) is 17.9. The van der Waals surface area contributed by atoms with E-state index in [0.29, 0.717) is 19.3 Å². The van der Waals surface area contributed by atoms with Gasteiger partial charge < -0.3 is 14.8 Å². The molecule has 4 nitrogen and oxygen atoms in total. The van der Waals surface area contributed by atoms with Crippen LogP contribution in [0, 0.1) is 0 Å². The maximum atomic E-state index is 5.64. The Labute approximate surface area is 159 Å². The van der Waals surface area contributed by atoms with Crippen molar-refractivity contribution >= 4 is 15.9 Å². The number of nitrogens with zero attached hydrogens (tertiary/aromatic N) is 1. The first kappa shape index (κ1) is 19.9. The molecular weight excluding hydrogens is 380 g/mol. The standard InChI is InChI=1S/C20H27BrN2O2/c1-3-24-13-14-25-19-9-7-17(8-10-19)15-16(2)22-12-11-18-5-4-6-20(21)23-18/h4-10,16,22H,3,11-15H2,1-2H3/t16-/m1/s1. The Morgan fingerprint density at radius 1 is 1.12 bits per heavy atom. The molecule has 0 radical (unpaired) electrons. The summed E-state index contributed by atoms with van der Waals surface area (Å²) in [5.74, 6) is 0.893. The van der Waals surface area contributed by atoms with Gasteiger partial charge in [-0.15, -0.1) is 0 Å². The largest absolute Gasteiger partial charge is 0.491 e. The van der Waals surface area contributed by atoms with E-state index in [4.69, 9.17) is 9.47 Å². The van der Waals surface area contributed by atoms with E-state index in [1.165, 1.54) is 5.56 Å². The van der Waals surface area contributed by atoms with Gasteiger partial charge in [-0.3, -0.25) is 0 Å². The van der Waals surface area contributed by atoms with Gasteiger partial charge in [-0.25, -0.2) is 4.98 Å². The smallest absolute Gasteiger partial charge is 0.119 e. The van der Waals surface area contributed by atoms with E-state index >= 15 is 0 Å². The lowest BCUT2D eigenvalue weighted by atomic mass is 10.1. The van der Waals surface area contributed by atoms with Gasteiger partial charge in [0.25, 0.3) is 0 Å². The second-order valence-corrected chi connectivity index (χ2v) is 6.76. The number of nitrogens with one attached hydrogen (secondary N) is 1. The van der Waals surface area contributed by atoms with Gasteiger partial charge in [0.2, 0.25) is 0 Å². The Morgan fingerprint density at radius 2 is 1.92 bits per heavy atom. The molecule has 25 heavy (non-hydrogen) atoms. The summed E-state index contributed by atoms with van der Waals surface area (Å²) in [5, 5.41) is 3.56. The minimum atomic E-state index is 0.414. The highest BCUT2D eigenvalue weighted by atomic mass is 79.9. The third kappa shape index (κ3) is 7.99. The van der Waals surface area contributed by atoms with E-state index < -0.39 is 0 Å². The van der Waals surface area contributed by atoms with Crippen LogP contribution in [0.4, 0.5) is 0 Å². The molecule has 2 rings (SSSR count). The van der Waals surface area contributed by atoms with Crippen molar-refractivity contribution in [1.82, 2.24) is 10.3 Å². The molecule has 0 unspecified atom stereocenters. The molecule has 0 aliphatic heterocycles. The Kier molecular flexibility index (Phi) is 8.94. The summed E-state index contributed by atoms with van der Waals surface area (Å²) >= 11 is 3.41. The fourth-order valence-corrected chi connectivity index (χ4v) is 2.93. The third-order valence-corrected chi connectivity index (χ3v) is 4.25. The lowest BCUT2D eigenvalue weighted by molar-refractivity contribution is 0.110. The number of pyridine rings is 1. The van der Waals surface area contributed by atoms with Crippen molar-refractivity contribution in [3.63, 3.8) is 0 Å². The van der Waals surface area contributed by atoms with Gasteiger partial charge in [0.05, 0.1) is 6.61 Å². The first-order chi connectivity index (χ1) is 12.2. The van der Waals surface area contributed by atoms with Crippen LogP contribution in [0.25, 0.3) is 0 Å². The van der Waals surface area contributed by atoms with Crippen molar-refractivity contribution in [2.24, 2.45) is 0 Å². The number of benzene rings is 1. The predicted molar refractivity (Wildman–Crippen MR) is 105 cm³/mol. The van der Waals surface area contributed by atoms with Crippen LogP contribution >= 0.6 is 15.9 Å². The molecule has 1 atom stereocenters. The van der Waals surface area contributed by atoms with Gasteiger partial charge in [-0.1, -0.05) is 18.2 Å². The SMILES string of the molecule is CCOCCOc1ccc(C[C@@H](C)NCCc2cccc(Br)n2)cc1. The molecule has 136 valence electrons. The predicted octanol–water partition coefficient (Wildman–Crippen LogP) is 4.02. The van der Waals surface area contributed by atoms with E-state index in [2.05, 4.69) is 51.4 Å². The maximum Gasteiger partial charge on any atom is 0.119 e. The van der Waals surface area contributed by atoms with E-state index in [9.17, 15) is 0 Å². The highest BCUT2D eigenvalue weighted by Crippen LogP contribution is 2.13. The van der Waals surface area contributed by atoms with Gasteiger partial charge in [-0.2, -0.15) is 0 Å². The van der Waals surface area contributed by atoms with Crippen LogP contribution in [0.15, 0.2) is 47.1 Å². The summed E-state index contributed by atoms with van der Waals surface area (Å²) in [5.41, 5.74) is 2.40. The summed E-state index contributed by atoms with van der Waals surface area (Å²) < 4.78 is 11.8. The highest BCUT2D eigenvalue weighted by Gasteiger charge is 2.04. The molecule has 1 heterocycles. The Hall–Kier alpha value is -1.43. The Bertz CT molecular complexity index is 619. The fourth-order valence-electron chi connectivity index (χ4n) is 2.55. The lowest BCUT2D eigenvalue weighted by Crippen LogP contribution is -2.30. The van der Waals surface area contributed by atoms with Gasteiger partial charge in [-0.05, 0) is 66.0 Å². The zero-order valence-corrected chi connectivity index (χ0v) is 16.6. The molecular formula is C20H27BrN2O2. The number of rotatable bonds is 11. The molecule has 0 saturated carbocycles. The number of ether oxygens (including phenoxy) is 2. The van der Waals surface area contributed by atoms with Crippen LogP contribution in [0.1, 0.15) is 25.1 Å². The number of aromatic nitrogens is 1. The molecule has 0 bridgehead atoms. The first-order valence-corrected chi connectivity index (χ1v) is 9.61. The maximum absolute atomic E-state index is 5.64. The molecule has 0 spiro atoms. The van der Waals surface area contributed by atoms with Crippen molar-refractivity contribution in [1.29, 1.82) is 0 Å². The molecule has 0 fully saturated rings. The van der Waals surface area contributed by atoms with E-state index in [1.807, 2.05) is 31.2 Å². The molecule has 0 amide bonds. The van der Waals surface area contributed by atoms with E-state index in [1.54, 1.807) is 0 Å². The van der Waals surface area contributed by atoms with Crippen molar-refractivity contribution in [3.05, 3.63) is 58.3 Å². The molecule has 1 aromatic carbocycles. The van der Waals surface area contributed by atoms with Gasteiger partial charge in [0.1, 0.15) is 17.0 Å². The summed E-state index contributed by atoms with van der Waals surface area (Å²) in [6.45, 7) is 7.06. The van der Waals surface area contributed by atoms with Crippen LogP contribution in [0.3, 0.4) is 0 Å². The third-order valence-electron chi connectivity index (χ3n) is 3.81. The summed E-state index contributed by atoms with van der Waals surface area (Å²) in [7, 11) is 0. The monoisotopic (exact) mass is 406 g/mol. The van der Waals surface area contributed by atoms with Crippen LogP contribution in [0.5, 0.6) is 5.75 Å². The van der Waals surface area contributed by atoms with Crippen LogP contribution in [-0.2, 0) is 17.6 Å². The van der Waals surface area contributed by atoms with E-state index in [0.717, 1.165) is 42.0 Å². The van der Waals surface area contributed by atoms with E-state index in [-0.39, 0.29) is 0 Å². The molecule has 0 saturated heterocycles. The second-order valence-electron chi connectivity index (χ2n) is 5.95. The van der Waals surface area contributed by atoms with Crippen molar-refractivity contribution in [2.45, 2.75) is 32.7 Å². The quantitative estimate of drug-likeness (QED) is 0.451. The van der Waals surface area contributed by atoms with Crippen LogP contribution in [-0.4, -0.2) is 37.4 Å². The molecule has 0 aliphatic rings. The summed E-state index contributed by atoms with van der Waals surface area (Å²) in [6, 6.07) is 14.8. The average Bonchev–Trinajstić information content (AvgIpc) is 2.60. The lowest BCUT2D eigenvalue weighted by Gasteiger charge is -2.14. The van der Waals surface area contributed by atoms with Gasteiger partial charge >= 0.3 is 0 Å². The van der Waals surface area contributed by atoms with Crippen LogP contribution in [0.2, 0.25) is 0 Å². The molecule has 5 heteroatoms. The Morgan fingerprint density at radius 3 is 2.64 bits per heavy atom. The highest BCUT2D eigenvalue weighted by molar-refractivity contribution is 9.10.